The van der Waals surface area contributed by atoms with E-state index in [4.69, 9.17) is 0 Å². The van der Waals surface area contributed by atoms with Gasteiger partial charge >= 0.3 is 0 Å². The molecular weight excluding hydrogens is 200 g/mol. The minimum atomic E-state index is 0.0896. The van der Waals surface area contributed by atoms with Gasteiger partial charge in [-0.05, 0) is 44.6 Å². The molecule has 0 radical (unpaired) electrons. The lowest BCUT2D eigenvalue weighted by molar-refractivity contribution is -0.124. The van der Waals surface area contributed by atoms with Gasteiger partial charge in [0.15, 0.2) is 0 Å². The number of hydrogen-bond acceptors (Lipinski definition) is 2. The lowest BCUT2D eigenvalue weighted by Gasteiger charge is -2.20. The fourth-order valence-electron chi connectivity index (χ4n) is 3.31. The fourth-order valence-corrected chi connectivity index (χ4v) is 3.31. The van der Waals surface area contributed by atoms with Crippen LogP contribution in [0.5, 0.6) is 0 Å². The van der Waals surface area contributed by atoms with Crippen molar-refractivity contribution in [2.24, 2.45) is 11.8 Å². The van der Waals surface area contributed by atoms with Gasteiger partial charge in [0, 0.05) is 6.04 Å². The maximum Gasteiger partial charge on any atom is 0.237 e. The van der Waals surface area contributed by atoms with E-state index in [0.717, 1.165) is 25.3 Å². The largest absolute Gasteiger partial charge is 0.352 e. The summed E-state index contributed by atoms with van der Waals surface area (Å²) in [4.78, 5) is 12.1. The van der Waals surface area contributed by atoms with Gasteiger partial charge < -0.3 is 10.6 Å². The topological polar surface area (TPSA) is 41.1 Å². The van der Waals surface area contributed by atoms with E-state index in [9.17, 15) is 4.79 Å². The minimum Gasteiger partial charge on any atom is -0.352 e. The Morgan fingerprint density at radius 3 is 3.06 bits per heavy atom. The van der Waals surface area contributed by atoms with Crippen molar-refractivity contribution in [1.82, 2.24) is 10.6 Å². The average Bonchev–Trinajstić information content (AvgIpc) is 2.77. The van der Waals surface area contributed by atoms with Crippen LogP contribution in [0.25, 0.3) is 0 Å². The Kier molecular flexibility index (Phi) is 3.85. The quantitative estimate of drug-likeness (QED) is 0.763. The van der Waals surface area contributed by atoms with E-state index in [0.29, 0.717) is 12.0 Å². The van der Waals surface area contributed by atoms with Gasteiger partial charge in [-0.15, -0.1) is 0 Å². The zero-order valence-electron chi connectivity index (χ0n) is 10.5. The summed E-state index contributed by atoms with van der Waals surface area (Å²) in [5, 5.41) is 6.53. The highest BCUT2D eigenvalue weighted by atomic mass is 16.2. The van der Waals surface area contributed by atoms with Gasteiger partial charge in [0.05, 0.1) is 6.04 Å². The van der Waals surface area contributed by atoms with Crippen LogP contribution in [0.1, 0.15) is 46.0 Å². The maximum atomic E-state index is 12.1. The first-order chi connectivity index (χ1) is 7.72. The van der Waals surface area contributed by atoms with Gasteiger partial charge in [-0.3, -0.25) is 4.79 Å². The molecule has 4 atom stereocenters. The molecule has 1 saturated heterocycles. The predicted octanol–water partition coefficient (Wildman–Crippen LogP) is 1.68. The molecule has 1 saturated carbocycles. The van der Waals surface area contributed by atoms with E-state index in [1.165, 1.54) is 19.3 Å². The van der Waals surface area contributed by atoms with Crippen molar-refractivity contribution in [3.8, 4) is 0 Å². The van der Waals surface area contributed by atoms with Crippen LogP contribution in [0.4, 0.5) is 0 Å². The first kappa shape index (κ1) is 11.9. The van der Waals surface area contributed by atoms with Crippen LogP contribution in [-0.2, 0) is 4.79 Å². The molecule has 16 heavy (non-hydrogen) atoms. The summed E-state index contributed by atoms with van der Waals surface area (Å²) in [6.07, 6.45) is 6.06. The van der Waals surface area contributed by atoms with Crippen LogP contribution in [0.2, 0.25) is 0 Å². The molecule has 2 rings (SSSR count). The summed E-state index contributed by atoms with van der Waals surface area (Å²) in [5.41, 5.74) is 0. The molecule has 0 spiro atoms. The SMILES string of the molecule is CCCC(C)NC(=O)C1NCC2CCCC21. The van der Waals surface area contributed by atoms with Crippen molar-refractivity contribution in [2.75, 3.05) is 6.54 Å². The summed E-state index contributed by atoms with van der Waals surface area (Å²) in [7, 11) is 0. The Hall–Kier alpha value is -0.570. The molecule has 2 fully saturated rings. The molecule has 1 heterocycles. The average molecular weight is 224 g/mol. The third-order valence-corrected chi connectivity index (χ3v) is 4.14. The number of fused-ring (bicyclic) bond motifs is 1. The van der Waals surface area contributed by atoms with Gasteiger partial charge in [0.25, 0.3) is 0 Å². The standard InChI is InChI=1S/C13H24N2O/c1-3-5-9(2)15-13(16)12-11-7-4-6-10(11)8-14-12/h9-12,14H,3-8H2,1-2H3,(H,15,16). The second-order valence-electron chi connectivity index (χ2n) is 5.44. The molecule has 2 N–H and O–H groups in total. The van der Waals surface area contributed by atoms with Crippen molar-refractivity contribution in [2.45, 2.75) is 58.0 Å². The molecule has 0 aromatic carbocycles. The number of amides is 1. The third-order valence-electron chi connectivity index (χ3n) is 4.14. The van der Waals surface area contributed by atoms with Crippen LogP contribution in [0.15, 0.2) is 0 Å². The number of carbonyl (C=O) groups excluding carboxylic acids is 1. The second kappa shape index (κ2) is 5.17. The lowest BCUT2D eigenvalue weighted by atomic mass is 9.93. The molecule has 92 valence electrons. The van der Waals surface area contributed by atoms with Crippen LogP contribution < -0.4 is 10.6 Å². The summed E-state index contributed by atoms with van der Waals surface area (Å²) < 4.78 is 0. The van der Waals surface area contributed by atoms with Crippen LogP contribution >= 0.6 is 0 Å². The summed E-state index contributed by atoms with van der Waals surface area (Å²) in [6, 6.07) is 0.409. The van der Waals surface area contributed by atoms with E-state index in [1.54, 1.807) is 0 Å². The molecule has 0 aromatic rings. The smallest absolute Gasteiger partial charge is 0.237 e. The Bertz CT molecular complexity index is 254. The van der Waals surface area contributed by atoms with Crippen molar-refractivity contribution in [3.05, 3.63) is 0 Å². The van der Waals surface area contributed by atoms with E-state index in [1.807, 2.05) is 0 Å². The van der Waals surface area contributed by atoms with Gasteiger partial charge in [-0.2, -0.15) is 0 Å². The van der Waals surface area contributed by atoms with E-state index >= 15 is 0 Å². The van der Waals surface area contributed by atoms with Crippen LogP contribution in [-0.4, -0.2) is 24.5 Å². The molecule has 0 bridgehead atoms. The molecule has 4 unspecified atom stereocenters. The molecule has 3 heteroatoms. The Morgan fingerprint density at radius 1 is 1.50 bits per heavy atom. The highest BCUT2D eigenvalue weighted by Crippen LogP contribution is 2.37. The highest BCUT2D eigenvalue weighted by Gasteiger charge is 2.42. The fraction of sp³-hybridized carbons (Fsp3) is 0.923. The zero-order valence-corrected chi connectivity index (χ0v) is 10.5. The summed E-state index contributed by atoms with van der Waals surface area (Å²) >= 11 is 0. The Morgan fingerprint density at radius 2 is 2.31 bits per heavy atom. The molecular formula is C13H24N2O. The number of carbonyl (C=O) groups is 1. The van der Waals surface area contributed by atoms with Crippen LogP contribution in [0.3, 0.4) is 0 Å². The molecule has 1 amide bonds. The summed E-state index contributed by atoms with van der Waals surface area (Å²) in [6.45, 7) is 5.30. The first-order valence-electron chi connectivity index (χ1n) is 6.76. The lowest BCUT2D eigenvalue weighted by Crippen LogP contribution is -2.46. The van der Waals surface area contributed by atoms with Crippen molar-refractivity contribution < 1.29 is 4.79 Å². The van der Waals surface area contributed by atoms with Gasteiger partial charge in [-0.1, -0.05) is 19.8 Å². The Balaban J connectivity index is 1.85. The van der Waals surface area contributed by atoms with Gasteiger partial charge in [0.1, 0.15) is 0 Å². The molecule has 3 nitrogen and oxygen atoms in total. The number of nitrogens with one attached hydrogen (secondary N) is 2. The zero-order chi connectivity index (χ0) is 11.5. The normalized spacial score (nSPS) is 34.8. The molecule has 0 aromatic heterocycles. The van der Waals surface area contributed by atoms with E-state index in [-0.39, 0.29) is 11.9 Å². The summed E-state index contributed by atoms with van der Waals surface area (Å²) in [5.74, 6) is 1.60. The van der Waals surface area contributed by atoms with Gasteiger partial charge in [-0.25, -0.2) is 0 Å². The number of rotatable bonds is 4. The predicted molar refractivity (Wildman–Crippen MR) is 65.1 cm³/mol. The second-order valence-corrected chi connectivity index (χ2v) is 5.44. The Labute approximate surface area is 98.4 Å². The van der Waals surface area contributed by atoms with E-state index in [2.05, 4.69) is 24.5 Å². The van der Waals surface area contributed by atoms with Crippen molar-refractivity contribution >= 4 is 5.91 Å². The molecule has 2 aliphatic rings. The first-order valence-corrected chi connectivity index (χ1v) is 6.76. The van der Waals surface area contributed by atoms with Crippen molar-refractivity contribution in [3.63, 3.8) is 0 Å². The van der Waals surface area contributed by atoms with Crippen molar-refractivity contribution in [1.29, 1.82) is 0 Å². The number of hydrogen-bond donors (Lipinski definition) is 2. The van der Waals surface area contributed by atoms with Gasteiger partial charge in [0.2, 0.25) is 5.91 Å². The highest BCUT2D eigenvalue weighted by molar-refractivity contribution is 5.82. The minimum absolute atomic E-state index is 0.0896. The molecule has 1 aliphatic heterocycles. The van der Waals surface area contributed by atoms with E-state index < -0.39 is 0 Å². The van der Waals surface area contributed by atoms with Crippen LogP contribution in [0, 0.1) is 11.8 Å². The third kappa shape index (κ3) is 2.40. The monoisotopic (exact) mass is 224 g/mol. The molecule has 1 aliphatic carbocycles. The maximum absolute atomic E-state index is 12.1.